The van der Waals surface area contributed by atoms with Crippen LogP contribution in [0.5, 0.6) is 0 Å². The lowest BCUT2D eigenvalue weighted by Crippen LogP contribution is -2.47. The summed E-state index contributed by atoms with van der Waals surface area (Å²) < 4.78 is 13.9. The molecule has 3 N–H and O–H groups in total. The molecule has 0 bridgehead atoms. The molecule has 1 saturated heterocycles. The molecule has 1 aromatic rings. The number of halogens is 1. The van der Waals surface area contributed by atoms with Gasteiger partial charge in [-0.15, -0.1) is 0 Å². The number of anilines is 1. The summed E-state index contributed by atoms with van der Waals surface area (Å²) in [5, 5.41) is 5.73. The molecule has 0 aliphatic carbocycles. The van der Waals surface area contributed by atoms with E-state index < -0.39 is 5.83 Å². The molecule has 4 amide bonds. The van der Waals surface area contributed by atoms with Crippen LogP contribution in [0, 0.1) is 19.8 Å². The van der Waals surface area contributed by atoms with Crippen molar-refractivity contribution in [1.29, 1.82) is 0 Å². The highest BCUT2D eigenvalue weighted by atomic mass is 19.1. The average molecular weight is 470 g/mol. The number of amides is 4. The number of aromatic amines is 1. The standard InChI is InChI=1S/C25H32FN5O3/c1-15-8-10-20(26)11-9-18(23(32)27-15)13-21-16(2)22(17(3)28-21)29-24(33)19-7-6-12-31(14-19)25(34)30(4)5/h8-11,13,19,28H,6-7,12,14H2,1-5H3,(H,27,32)(H,29,33)/b11-9+,15-8+,18-13-,20-10+. The number of aryl methyl sites for hydroxylation is 1. The summed E-state index contributed by atoms with van der Waals surface area (Å²) >= 11 is 0. The van der Waals surface area contributed by atoms with Crippen molar-refractivity contribution in [2.24, 2.45) is 5.92 Å². The molecule has 182 valence electrons. The summed E-state index contributed by atoms with van der Waals surface area (Å²) in [5.41, 5.74) is 3.58. The van der Waals surface area contributed by atoms with E-state index in [9.17, 15) is 18.8 Å². The van der Waals surface area contributed by atoms with Crippen LogP contribution in [0.4, 0.5) is 14.9 Å². The SMILES string of the molecule is C\C1=C/C=C(F)\C=C\C(=C\c2[nH]c(C)c(NC(=O)C3CCCN(C(=O)N(C)C)C3)c2C)C(=O)N1. The largest absolute Gasteiger partial charge is 0.357 e. The second kappa shape index (κ2) is 10.5. The van der Waals surface area contributed by atoms with Crippen molar-refractivity contribution in [2.75, 3.05) is 32.5 Å². The molecule has 0 saturated carbocycles. The predicted molar refractivity (Wildman–Crippen MR) is 130 cm³/mol. The number of carbonyl (C=O) groups excluding carboxylic acids is 3. The van der Waals surface area contributed by atoms with Crippen molar-refractivity contribution >= 4 is 29.6 Å². The van der Waals surface area contributed by atoms with E-state index in [0.717, 1.165) is 17.7 Å². The molecule has 0 radical (unpaired) electrons. The van der Waals surface area contributed by atoms with Crippen LogP contribution in [-0.4, -0.2) is 59.8 Å². The van der Waals surface area contributed by atoms with E-state index in [-0.39, 0.29) is 29.3 Å². The number of hydrogen-bond acceptors (Lipinski definition) is 3. The number of piperidine rings is 1. The Balaban J connectivity index is 1.81. The molecule has 34 heavy (non-hydrogen) atoms. The zero-order valence-electron chi connectivity index (χ0n) is 20.3. The minimum Gasteiger partial charge on any atom is -0.357 e. The fourth-order valence-electron chi connectivity index (χ4n) is 4.05. The molecule has 1 atom stereocenters. The van der Waals surface area contributed by atoms with Gasteiger partial charge in [-0.2, -0.15) is 0 Å². The minimum absolute atomic E-state index is 0.0990. The van der Waals surface area contributed by atoms with Gasteiger partial charge in [0.2, 0.25) is 5.91 Å². The third kappa shape index (κ3) is 5.84. The van der Waals surface area contributed by atoms with Crippen LogP contribution in [0.2, 0.25) is 0 Å². The fourth-order valence-corrected chi connectivity index (χ4v) is 4.05. The van der Waals surface area contributed by atoms with Gasteiger partial charge in [0.15, 0.2) is 0 Å². The number of nitrogens with zero attached hydrogens (tertiary/aromatic N) is 2. The molecule has 1 fully saturated rings. The number of H-pyrrole nitrogens is 1. The van der Waals surface area contributed by atoms with Crippen molar-refractivity contribution in [1.82, 2.24) is 20.1 Å². The van der Waals surface area contributed by atoms with Gasteiger partial charge in [0.05, 0.1) is 11.6 Å². The first-order valence-electron chi connectivity index (χ1n) is 11.3. The molecule has 0 spiro atoms. The predicted octanol–water partition coefficient (Wildman–Crippen LogP) is 3.79. The second-order valence-corrected chi connectivity index (χ2v) is 8.90. The molecular formula is C25H32FN5O3. The Morgan fingerprint density at radius 3 is 2.65 bits per heavy atom. The van der Waals surface area contributed by atoms with Gasteiger partial charge in [-0.05, 0) is 69.6 Å². The van der Waals surface area contributed by atoms with Gasteiger partial charge in [-0.25, -0.2) is 9.18 Å². The van der Waals surface area contributed by atoms with E-state index in [0.29, 0.717) is 36.6 Å². The maximum atomic E-state index is 13.9. The summed E-state index contributed by atoms with van der Waals surface area (Å²) in [6, 6.07) is -0.0990. The quantitative estimate of drug-likeness (QED) is 0.588. The lowest BCUT2D eigenvalue weighted by atomic mass is 9.97. The van der Waals surface area contributed by atoms with E-state index in [1.165, 1.54) is 29.2 Å². The summed E-state index contributed by atoms with van der Waals surface area (Å²) in [6.45, 7) is 6.37. The molecule has 0 aromatic carbocycles. The molecule has 1 unspecified atom stereocenters. The van der Waals surface area contributed by atoms with Crippen molar-refractivity contribution in [2.45, 2.75) is 33.6 Å². The van der Waals surface area contributed by atoms with E-state index >= 15 is 0 Å². The Hall–Kier alpha value is -3.62. The van der Waals surface area contributed by atoms with Gasteiger partial charge in [-0.1, -0.05) is 0 Å². The highest BCUT2D eigenvalue weighted by molar-refractivity contribution is 6.02. The maximum absolute atomic E-state index is 13.9. The Labute approximate surface area is 199 Å². The average Bonchev–Trinajstić information content (AvgIpc) is 3.08. The van der Waals surface area contributed by atoms with Crippen LogP contribution >= 0.6 is 0 Å². The highest BCUT2D eigenvalue weighted by Gasteiger charge is 2.30. The minimum atomic E-state index is -0.469. The molecular weight excluding hydrogens is 437 g/mol. The topological polar surface area (TPSA) is 97.5 Å². The molecule has 2 aliphatic rings. The number of aromatic nitrogens is 1. The Morgan fingerprint density at radius 1 is 1.21 bits per heavy atom. The molecule has 1 aromatic heterocycles. The highest BCUT2D eigenvalue weighted by Crippen LogP contribution is 2.28. The van der Waals surface area contributed by atoms with Gasteiger partial charge in [0.1, 0.15) is 5.83 Å². The fraction of sp³-hybridized carbons (Fsp3) is 0.400. The van der Waals surface area contributed by atoms with Gasteiger partial charge in [0.25, 0.3) is 5.91 Å². The van der Waals surface area contributed by atoms with Crippen LogP contribution in [0.15, 0.2) is 41.4 Å². The second-order valence-electron chi connectivity index (χ2n) is 8.90. The van der Waals surface area contributed by atoms with E-state index in [4.69, 9.17) is 0 Å². The van der Waals surface area contributed by atoms with Crippen LogP contribution in [-0.2, 0) is 9.59 Å². The van der Waals surface area contributed by atoms with Gasteiger partial charge in [-0.3, -0.25) is 9.59 Å². The van der Waals surface area contributed by atoms with Crippen molar-refractivity contribution in [3.05, 3.63) is 58.4 Å². The monoisotopic (exact) mass is 469 g/mol. The Morgan fingerprint density at radius 2 is 1.94 bits per heavy atom. The zero-order chi connectivity index (χ0) is 25.0. The molecule has 9 heteroatoms. The first kappa shape index (κ1) is 25.0. The number of urea groups is 1. The maximum Gasteiger partial charge on any atom is 0.319 e. The number of nitrogens with one attached hydrogen (secondary N) is 3. The lowest BCUT2D eigenvalue weighted by molar-refractivity contribution is -0.121. The van der Waals surface area contributed by atoms with Crippen molar-refractivity contribution < 1.29 is 18.8 Å². The molecule has 3 rings (SSSR count). The van der Waals surface area contributed by atoms with Crippen LogP contribution < -0.4 is 10.6 Å². The normalized spacial score (nSPS) is 24.1. The number of likely N-dealkylation sites (tertiary alicyclic amines) is 1. The molecule has 3 heterocycles. The Bertz CT molecular complexity index is 1110. The first-order chi connectivity index (χ1) is 16.1. The smallest absolute Gasteiger partial charge is 0.319 e. The number of allylic oxidation sites excluding steroid dienone is 5. The summed E-state index contributed by atoms with van der Waals surface area (Å²) in [5.74, 6) is -1.28. The molecule has 8 nitrogen and oxygen atoms in total. The summed E-state index contributed by atoms with van der Waals surface area (Å²) in [7, 11) is 3.40. The summed E-state index contributed by atoms with van der Waals surface area (Å²) in [6.07, 6.45) is 8.54. The summed E-state index contributed by atoms with van der Waals surface area (Å²) in [4.78, 5) is 44.4. The van der Waals surface area contributed by atoms with Gasteiger partial charge >= 0.3 is 6.03 Å². The van der Waals surface area contributed by atoms with Crippen LogP contribution in [0.3, 0.4) is 0 Å². The van der Waals surface area contributed by atoms with E-state index in [1.807, 2.05) is 13.8 Å². The zero-order valence-corrected chi connectivity index (χ0v) is 20.3. The van der Waals surface area contributed by atoms with Gasteiger partial charge < -0.3 is 25.4 Å². The number of carbonyl (C=O) groups is 3. The van der Waals surface area contributed by atoms with Crippen LogP contribution in [0.25, 0.3) is 6.08 Å². The number of hydrogen-bond donors (Lipinski definition) is 3. The lowest BCUT2D eigenvalue weighted by Gasteiger charge is -2.33. The Kier molecular flexibility index (Phi) is 7.75. The molecule has 2 aliphatic heterocycles. The third-order valence-corrected chi connectivity index (χ3v) is 5.96. The third-order valence-electron chi connectivity index (χ3n) is 5.96. The van der Waals surface area contributed by atoms with Gasteiger partial charge in [0, 0.05) is 49.8 Å². The van der Waals surface area contributed by atoms with E-state index in [2.05, 4.69) is 15.6 Å². The number of rotatable bonds is 3. The van der Waals surface area contributed by atoms with E-state index in [1.54, 1.807) is 32.0 Å². The van der Waals surface area contributed by atoms with Crippen LogP contribution in [0.1, 0.15) is 36.7 Å². The van der Waals surface area contributed by atoms with Crippen molar-refractivity contribution in [3.63, 3.8) is 0 Å². The van der Waals surface area contributed by atoms with Crippen molar-refractivity contribution in [3.8, 4) is 0 Å². The first-order valence-corrected chi connectivity index (χ1v) is 11.3.